The summed E-state index contributed by atoms with van der Waals surface area (Å²) in [5.74, 6) is -0.349. The van der Waals surface area contributed by atoms with E-state index < -0.39 is 5.78 Å². The Morgan fingerprint density at radius 2 is 1.93 bits per heavy atom. The normalized spacial score (nSPS) is 15.2. The molecule has 0 saturated heterocycles. The fraction of sp³-hybridized carbons (Fsp3) is 0.286. The highest BCUT2D eigenvalue weighted by Crippen LogP contribution is 2.44. The van der Waals surface area contributed by atoms with Gasteiger partial charge in [-0.2, -0.15) is 0 Å². The Labute approximate surface area is 157 Å². The fourth-order valence-electron chi connectivity index (χ4n) is 3.07. The summed E-state index contributed by atoms with van der Waals surface area (Å²) in [6.07, 6.45) is 4.08. The van der Waals surface area contributed by atoms with Gasteiger partial charge in [0.1, 0.15) is 28.4 Å². The number of ketones is 1. The van der Waals surface area contributed by atoms with Crippen LogP contribution >= 0.6 is 0 Å². The summed E-state index contributed by atoms with van der Waals surface area (Å²) in [7, 11) is 1.42. The highest BCUT2D eigenvalue weighted by atomic mass is 16.5. The van der Waals surface area contributed by atoms with Crippen molar-refractivity contribution in [2.45, 2.75) is 32.3 Å². The first kappa shape index (κ1) is 18.6. The molecule has 6 heteroatoms. The number of hydrogen-bond donors (Lipinski definition) is 3. The summed E-state index contributed by atoms with van der Waals surface area (Å²) in [5, 5.41) is 29.6. The number of ether oxygens (including phenoxy) is 2. The quantitative estimate of drug-likeness (QED) is 0.430. The van der Waals surface area contributed by atoms with Gasteiger partial charge in [0.25, 0.3) is 0 Å². The third kappa shape index (κ3) is 3.69. The van der Waals surface area contributed by atoms with E-state index in [1.807, 2.05) is 13.8 Å². The highest BCUT2D eigenvalue weighted by molar-refractivity contribution is 6.11. The summed E-state index contributed by atoms with van der Waals surface area (Å²) in [4.78, 5) is 12.7. The van der Waals surface area contributed by atoms with Crippen LogP contribution in [0.5, 0.6) is 28.7 Å². The maximum absolute atomic E-state index is 12.7. The van der Waals surface area contributed by atoms with Gasteiger partial charge in [-0.05, 0) is 50.5 Å². The molecule has 1 aliphatic rings. The zero-order chi connectivity index (χ0) is 19.8. The smallest absolute Gasteiger partial charge is 0.193 e. The van der Waals surface area contributed by atoms with Crippen molar-refractivity contribution in [3.05, 3.63) is 47.0 Å². The van der Waals surface area contributed by atoms with Gasteiger partial charge in [-0.3, -0.25) is 4.79 Å². The molecule has 1 aliphatic heterocycles. The third-order valence-corrected chi connectivity index (χ3v) is 4.58. The van der Waals surface area contributed by atoms with E-state index in [-0.39, 0.29) is 34.2 Å². The number of fused-ring (bicyclic) bond motifs is 1. The number of rotatable bonds is 4. The largest absolute Gasteiger partial charge is 0.507 e. The summed E-state index contributed by atoms with van der Waals surface area (Å²) < 4.78 is 11.2. The van der Waals surface area contributed by atoms with Crippen molar-refractivity contribution in [3.63, 3.8) is 0 Å². The average Bonchev–Trinajstić information content (AvgIpc) is 2.61. The molecule has 2 aromatic carbocycles. The molecule has 0 amide bonds. The van der Waals surface area contributed by atoms with E-state index in [1.165, 1.54) is 31.4 Å². The Balaban J connectivity index is 1.97. The van der Waals surface area contributed by atoms with Crippen LogP contribution in [0.25, 0.3) is 6.08 Å². The van der Waals surface area contributed by atoms with E-state index in [4.69, 9.17) is 9.47 Å². The molecule has 3 N–H and O–H groups in total. The number of methoxy groups -OCH3 is 1. The van der Waals surface area contributed by atoms with Crippen molar-refractivity contribution >= 4 is 11.9 Å². The topological polar surface area (TPSA) is 96.2 Å². The lowest BCUT2D eigenvalue weighted by molar-refractivity contribution is 0.0831. The lowest BCUT2D eigenvalue weighted by Gasteiger charge is -2.33. The zero-order valence-corrected chi connectivity index (χ0v) is 15.4. The number of phenols is 3. The molecule has 0 aliphatic carbocycles. The molecular formula is C21H22O6. The molecule has 0 radical (unpaired) electrons. The Kier molecular flexibility index (Phi) is 4.74. The summed E-state index contributed by atoms with van der Waals surface area (Å²) >= 11 is 0. The first-order valence-electron chi connectivity index (χ1n) is 8.58. The van der Waals surface area contributed by atoms with Crippen LogP contribution < -0.4 is 9.47 Å². The summed E-state index contributed by atoms with van der Waals surface area (Å²) in [6.45, 7) is 3.93. The fourth-order valence-corrected chi connectivity index (χ4v) is 3.07. The minimum absolute atomic E-state index is 0.0683. The summed E-state index contributed by atoms with van der Waals surface area (Å²) in [5.41, 5.74) is 0.838. The second-order valence-electron chi connectivity index (χ2n) is 7.09. The monoisotopic (exact) mass is 370 g/mol. The van der Waals surface area contributed by atoms with Gasteiger partial charge in [0.05, 0.1) is 7.11 Å². The minimum Gasteiger partial charge on any atom is -0.507 e. The van der Waals surface area contributed by atoms with Gasteiger partial charge in [-0.15, -0.1) is 0 Å². The SMILES string of the molecule is COc1cc2c(c(O)c1C(=O)/C=C/c1ccc(O)c(O)c1)CCC(C)(C)O2. The highest BCUT2D eigenvalue weighted by Gasteiger charge is 2.32. The maximum Gasteiger partial charge on any atom is 0.193 e. The molecule has 142 valence electrons. The van der Waals surface area contributed by atoms with Crippen LogP contribution in [0.4, 0.5) is 0 Å². The molecule has 2 aromatic rings. The van der Waals surface area contributed by atoms with Crippen molar-refractivity contribution in [2.75, 3.05) is 7.11 Å². The first-order valence-corrected chi connectivity index (χ1v) is 8.58. The third-order valence-electron chi connectivity index (χ3n) is 4.58. The molecule has 0 atom stereocenters. The molecule has 1 heterocycles. The van der Waals surface area contributed by atoms with E-state index in [2.05, 4.69) is 0 Å². The molecular weight excluding hydrogens is 348 g/mol. The molecule has 0 fully saturated rings. The number of carbonyl (C=O) groups excluding carboxylic acids is 1. The van der Waals surface area contributed by atoms with E-state index in [0.717, 1.165) is 6.42 Å². The second kappa shape index (κ2) is 6.87. The first-order chi connectivity index (χ1) is 12.7. The van der Waals surface area contributed by atoms with Crippen LogP contribution in [-0.2, 0) is 6.42 Å². The van der Waals surface area contributed by atoms with Gasteiger partial charge in [-0.1, -0.05) is 12.1 Å². The Morgan fingerprint density at radius 3 is 2.59 bits per heavy atom. The number of aromatic hydroxyl groups is 3. The molecule has 3 rings (SSSR count). The second-order valence-corrected chi connectivity index (χ2v) is 7.09. The van der Waals surface area contributed by atoms with Crippen molar-refractivity contribution < 1.29 is 29.6 Å². The standard InChI is InChI=1S/C21H22O6/c1-21(2)9-8-13-17(27-21)11-18(26-3)19(20(13)25)15(23)7-5-12-4-6-14(22)16(24)10-12/h4-7,10-11,22,24-25H,8-9H2,1-3H3/b7-5+. The lowest BCUT2D eigenvalue weighted by atomic mass is 9.91. The molecule has 0 unspecified atom stereocenters. The van der Waals surface area contributed by atoms with Gasteiger partial charge < -0.3 is 24.8 Å². The van der Waals surface area contributed by atoms with E-state index >= 15 is 0 Å². The molecule has 27 heavy (non-hydrogen) atoms. The van der Waals surface area contributed by atoms with Crippen LogP contribution in [0.15, 0.2) is 30.3 Å². The van der Waals surface area contributed by atoms with Crippen molar-refractivity contribution in [1.29, 1.82) is 0 Å². The molecule has 0 saturated carbocycles. The number of phenolic OH excluding ortho intramolecular Hbond substituents is 3. The van der Waals surface area contributed by atoms with Crippen molar-refractivity contribution in [2.24, 2.45) is 0 Å². The minimum atomic E-state index is -0.440. The van der Waals surface area contributed by atoms with Crippen LogP contribution in [0.3, 0.4) is 0 Å². The number of carbonyl (C=O) groups is 1. The Bertz CT molecular complexity index is 927. The van der Waals surface area contributed by atoms with Crippen molar-refractivity contribution in [1.82, 2.24) is 0 Å². The van der Waals surface area contributed by atoms with E-state index in [0.29, 0.717) is 23.3 Å². The van der Waals surface area contributed by atoms with E-state index in [1.54, 1.807) is 12.1 Å². The van der Waals surface area contributed by atoms with Gasteiger partial charge in [0, 0.05) is 11.6 Å². The van der Waals surface area contributed by atoms with Crippen LogP contribution in [0.1, 0.15) is 41.8 Å². The number of hydrogen-bond acceptors (Lipinski definition) is 6. The molecule has 0 spiro atoms. The predicted octanol–water partition coefficient (Wildman–Crippen LogP) is 3.81. The average molecular weight is 370 g/mol. The molecule has 0 aromatic heterocycles. The van der Waals surface area contributed by atoms with Crippen LogP contribution in [0.2, 0.25) is 0 Å². The number of allylic oxidation sites excluding steroid dienone is 1. The van der Waals surface area contributed by atoms with E-state index in [9.17, 15) is 20.1 Å². The maximum atomic E-state index is 12.7. The zero-order valence-electron chi connectivity index (χ0n) is 15.4. The molecule has 6 nitrogen and oxygen atoms in total. The lowest BCUT2D eigenvalue weighted by Crippen LogP contribution is -2.32. The van der Waals surface area contributed by atoms with Crippen LogP contribution in [-0.4, -0.2) is 33.8 Å². The molecule has 0 bridgehead atoms. The Hall–Kier alpha value is -3.15. The van der Waals surface area contributed by atoms with Gasteiger partial charge in [0.15, 0.2) is 17.3 Å². The van der Waals surface area contributed by atoms with Crippen LogP contribution in [0, 0.1) is 0 Å². The van der Waals surface area contributed by atoms with Gasteiger partial charge in [-0.25, -0.2) is 0 Å². The predicted molar refractivity (Wildman–Crippen MR) is 101 cm³/mol. The summed E-state index contributed by atoms with van der Waals surface area (Å²) in [6, 6.07) is 5.84. The van der Waals surface area contributed by atoms with Gasteiger partial charge >= 0.3 is 0 Å². The Morgan fingerprint density at radius 1 is 1.19 bits per heavy atom. The number of benzene rings is 2. The van der Waals surface area contributed by atoms with Crippen molar-refractivity contribution in [3.8, 4) is 28.7 Å². The van der Waals surface area contributed by atoms with Gasteiger partial charge in [0.2, 0.25) is 0 Å².